The average Bonchev–Trinajstić information content (AvgIpc) is 2.97. The van der Waals surface area contributed by atoms with Crippen LogP contribution in [0.5, 0.6) is 0 Å². The van der Waals surface area contributed by atoms with Gasteiger partial charge in [0.25, 0.3) is 0 Å². The zero-order valence-corrected chi connectivity index (χ0v) is 10.8. The minimum atomic E-state index is 0.293. The van der Waals surface area contributed by atoms with Crippen molar-refractivity contribution < 1.29 is 4.79 Å². The number of rotatable bonds is 0. The van der Waals surface area contributed by atoms with Gasteiger partial charge in [0.15, 0.2) is 0 Å². The molecule has 3 aliphatic rings. The fourth-order valence-electron chi connectivity index (χ4n) is 3.54. The molecule has 0 bridgehead atoms. The number of carbonyl (C=O) groups excluding carboxylic acids is 1. The topological polar surface area (TPSA) is 26.8 Å². The molecule has 0 spiro atoms. The van der Waals surface area contributed by atoms with Crippen LogP contribution in [0.4, 0.5) is 4.79 Å². The Morgan fingerprint density at radius 2 is 1.82 bits per heavy atom. The van der Waals surface area contributed by atoms with Gasteiger partial charge in [-0.3, -0.25) is 4.90 Å². The zero-order valence-electron chi connectivity index (χ0n) is 10.8. The quantitative estimate of drug-likeness (QED) is 0.636. The summed E-state index contributed by atoms with van der Waals surface area (Å²) < 4.78 is 0. The number of likely N-dealkylation sites (tertiary alicyclic amines) is 1. The second-order valence-corrected chi connectivity index (χ2v) is 5.77. The number of amides is 2. The Morgan fingerprint density at radius 1 is 1.06 bits per heavy atom. The van der Waals surface area contributed by atoms with Crippen LogP contribution < -0.4 is 0 Å². The maximum atomic E-state index is 12.4. The summed E-state index contributed by atoms with van der Waals surface area (Å²) in [5.41, 5.74) is 0. The molecule has 96 valence electrons. The summed E-state index contributed by atoms with van der Waals surface area (Å²) in [5, 5.41) is 0. The van der Waals surface area contributed by atoms with Crippen molar-refractivity contribution in [1.29, 1.82) is 0 Å². The van der Waals surface area contributed by atoms with Gasteiger partial charge in [0.05, 0.1) is 0 Å². The molecule has 2 unspecified atom stereocenters. The second kappa shape index (κ2) is 4.48. The Bertz CT molecular complexity index is 301. The summed E-state index contributed by atoms with van der Waals surface area (Å²) in [4.78, 5) is 19.2. The minimum Gasteiger partial charge on any atom is -0.325 e. The monoisotopic (exact) mass is 237 g/mol. The molecule has 0 N–H and O–H groups in total. The SMILES string of the molecule is CC1CN2CCCC2CN1C(=O)N1CCCC1. The Labute approximate surface area is 104 Å². The maximum Gasteiger partial charge on any atom is 0.320 e. The third-order valence-electron chi connectivity index (χ3n) is 4.56. The first kappa shape index (κ1) is 11.3. The fourth-order valence-corrected chi connectivity index (χ4v) is 3.54. The van der Waals surface area contributed by atoms with Crippen molar-refractivity contribution >= 4 is 6.03 Å². The molecule has 3 saturated heterocycles. The lowest BCUT2D eigenvalue weighted by Gasteiger charge is -2.43. The van der Waals surface area contributed by atoms with Gasteiger partial charge in [0.2, 0.25) is 0 Å². The largest absolute Gasteiger partial charge is 0.325 e. The molecule has 0 aliphatic carbocycles. The third-order valence-corrected chi connectivity index (χ3v) is 4.56. The fraction of sp³-hybridized carbons (Fsp3) is 0.923. The van der Waals surface area contributed by atoms with E-state index in [1.807, 2.05) is 4.90 Å². The molecule has 2 amide bonds. The minimum absolute atomic E-state index is 0.293. The van der Waals surface area contributed by atoms with E-state index in [1.165, 1.54) is 32.2 Å². The number of nitrogens with zero attached hydrogens (tertiary/aromatic N) is 3. The van der Waals surface area contributed by atoms with Crippen molar-refractivity contribution in [2.24, 2.45) is 0 Å². The lowest BCUT2D eigenvalue weighted by molar-refractivity contribution is 0.0663. The van der Waals surface area contributed by atoms with E-state index in [9.17, 15) is 4.79 Å². The van der Waals surface area contributed by atoms with Crippen LogP contribution >= 0.6 is 0 Å². The highest BCUT2D eigenvalue weighted by molar-refractivity contribution is 5.75. The van der Waals surface area contributed by atoms with Crippen molar-refractivity contribution in [3.8, 4) is 0 Å². The molecule has 3 heterocycles. The maximum absolute atomic E-state index is 12.4. The summed E-state index contributed by atoms with van der Waals surface area (Å²) in [7, 11) is 0. The molecule has 4 heteroatoms. The van der Waals surface area contributed by atoms with Gasteiger partial charge in [-0.25, -0.2) is 4.79 Å². The molecule has 4 nitrogen and oxygen atoms in total. The molecule has 2 atom stereocenters. The molecule has 0 saturated carbocycles. The number of hydrogen-bond acceptors (Lipinski definition) is 2. The highest BCUT2D eigenvalue weighted by Crippen LogP contribution is 2.25. The van der Waals surface area contributed by atoms with E-state index in [-0.39, 0.29) is 0 Å². The van der Waals surface area contributed by atoms with E-state index in [0.29, 0.717) is 18.1 Å². The normalized spacial score (nSPS) is 34.2. The van der Waals surface area contributed by atoms with Gasteiger partial charge < -0.3 is 9.80 Å². The van der Waals surface area contributed by atoms with Crippen molar-refractivity contribution in [2.45, 2.75) is 44.7 Å². The second-order valence-electron chi connectivity index (χ2n) is 5.77. The summed E-state index contributed by atoms with van der Waals surface area (Å²) in [6.45, 7) is 7.40. The number of urea groups is 1. The average molecular weight is 237 g/mol. The lowest BCUT2D eigenvalue weighted by Crippen LogP contribution is -2.59. The molecule has 17 heavy (non-hydrogen) atoms. The number of hydrogen-bond donors (Lipinski definition) is 0. The smallest absolute Gasteiger partial charge is 0.320 e. The Morgan fingerprint density at radius 3 is 2.59 bits per heavy atom. The summed E-state index contributed by atoms with van der Waals surface area (Å²) >= 11 is 0. The van der Waals surface area contributed by atoms with Crippen molar-refractivity contribution in [1.82, 2.24) is 14.7 Å². The van der Waals surface area contributed by atoms with Gasteiger partial charge in [-0.05, 0) is 39.2 Å². The summed E-state index contributed by atoms with van der Waals surface area (Å²) in [6, 6.07) is 1.32. The predicted molar refractivity (Wildman–Crippen MR) is 67.0 cm³/mol. The zero-order chi connectivity index (χ0) is 11.8. The van der Waals surface area contributed by atoms with E-state index in [0.717, 1.165) is 26.2 Å². The first-order chi connectivity index (χ1) is 8.25. The Hall–Kier alpha value is -0.770. The van der Waals surface area contributed by atoms with Crippen LogP contribution in [0.3, 0.4) is 0 Å². The van der Waals surface area contributed by atoms with E-state index in [1.54, 1.807) is 0 Å². The van der Waals surface area contributed by atoms with Gasteiger partial charge in [-0.1, -0.05) is 0 Å². The third kappa shape index (κ3) is 2.03. The van der Waals surface area contributed by atoms with Crippen molar-refractivity contribution in [3.05, 3.63) is 0 Å². The van der Waals surface area contributed by atoms with E-state index in [2.05, 4.69) is 16.7 Å². The Balaban J connectivity index is 1.67. The van der Waals surface area contributed by atoms with Crippen LogP contribution in [0.25, 0.3) is 0 Å². The molecule has 0 aromatic heterocycles. The molecule has 3 aliphatic heterocycles. The van der Waals surface area contributed by atoms with Crippen molar-refractivity contribution in [2.75, 3.05) is 32.7 Å². The van der Waals surface area contributed by atoms with Gasteiger partial charge in [-0.15, -0.1) is 0 Å². The number of fused-ring (bicyclic) bond motifs is 1. The lowest BCUT2D eigenvalue weighted by atomic mass is 10.1. The van der Waals surface area contributed by atoms with Crippen LogP contribution in [-0.4, -0.2) is 65.5 Å². The van der Waals surface area contributed by atoms with E-state index < -0.39 is 0 Å². The van der Waals surface area contributed by atoms with Crippen LogP contribution in [0.2, 0.25) is 0 Å². The first-order valence-electron chi connectivity index (χ1n) is 7.05. The highest BCUT2D eigenvalue weighted by Gasteiger charge is 2.38. The molecular formula is C13H23N3O. The van der Waals surface area contributed by atoms with Crippen LogP contribution in [0, 0.1) is 0 Å². The summed E-state index contributed by atoms with van der Waals surface area (Å²) in [5.74, 6) is 0. The molecule has 3 rings (SSSR count). The van der Waals surface area contributed by atoms with Crippen LogP contribution in [0.1, 0.15) is 32.6 Å². The van der Waals surface area contributed by atoms with Crippen LogP contribution in [0.15, 0.2) is 0 Å². The standard InChI is InChI=1S/C13H23N3O/c1-11-9-15-8-4-5-12(15)10-16(11)13(17)14-6-2-3-7-14/h11-12H,2-10H2,1H3. The highest BCUT2D eigenvalue weighted by atomic mass is 16.2. The van der Waals surface area contributed by atoms with Gasteiger partial charge in [-0.2, -0.15) is 0 Å². The molecule has 0 aromatic carbocycles. The van der Waals surface area contributed by atoms with Gasteiger partial charge in [0, 0.05) is 38.3 Å². The predicted octanol–water partition coefficient (Wildman–Crippen LogP) is 1.37. The first-order valence-corrected chi connectivity index (χ1v) is 7.05. The number of carbonyl (C=O) groups is 1. The molecular weight excluding hydrogens is 214 g/mol. The van der Waals surface area contributed by atoms with E-state index in [4.69, 9.17) is 0 Å². The molecule has 3 fully saturated rings. The van der Waals surface area contributed by atoms with Gasteiger partial charge >= 0.3 is 6.03 Å². The summed E-state index contributed by atoms with van der Waals surface area (Å²) in [6.07, 6.45) is 4.95. The molecule has 0 aromatic rings. The van der Waals surface area contributed by atoms with Crippen molar-refractivity contribution in [3.63, 3.8) is 0 Å². The number of piperazine rings is 1. The Kier molecular flexibility index (Phi) is 2.99. The molecule has 0 radical (unpaired) electrons. The van der Waals surface area contributed by atoms with Crippen LogP contribution in [-0.2, 0) is 0 Å². The van der Waals surface area contributed by atoms with Gasteiger partial charge in [0.1, 0.15) is 0 Å². The van der Waals surface area contributed by atoms with E-state index >= 15 is 0 Å².